The molecule has 1 atom stereocenters. The summed E-state index contributed by atoms with van der Waals surface area (Å²) in [6, 6.07) is 19.1. The van der Waals surface area contributed by atoms with Crippen LogP contribution in [0.15, 0.2) is 82.2 Å². The van der Waals surface area contributed by atoms with Crippen LogP contribution in [0.1, 0.15) is 24.5 Å². The quantitative estimate of drug-likeness (QED) is 0.558. The number of hydrogen-bond donors (Lipinski definition) is 0. The van der Waals surface area contributed by atoms with Gasteiger partial charge in [0.1, 0.15) is 0 Å². The fourth-order valence-corrected chi connectivity index (χ4v) is 17.6. The third-order valence-corrected chi connectivity index (χ3v) is 19.8. The molecule has 3 rings (SSSR count). The van der Waals surface area contributed by atoms with Crippen LogP contribution in [0, 0.1) is 0 Å². The predicted molar refractivity (Wildman–Crippen MR) is 112 cm³/mol. The van der Waals surface area contributed by atoms with Gasteiger partial charge in [-0.1, -0.05) is 0 Å². The fourth-order valence-electron chi connectivity index (χ4n) is 2.90. The Morgan fingerprint density at radius 3 is 1.81 bits per heavy atom. The minimum Gasteiger partial charge on any atom is -0.147 e. The molecular weight excluding hydrogens is 485 g/mol. The van der Waals surface area contributed by atoms with Gasteiger partial charge in [0, 0.05) is 0 Å². The molecule has 0 bridgehead atoms. The number of hydrogen-bond acceptors (Lipinski definition) is 2. The molecule has 0 amide bonds. The van der Waals surface area contributed by atoms with Crippen LogP contribution in [0.3, 0.4) is 0 Å². The maximum atomic E-state index is 14.2. The Labute approximate surface area is 178 Å². The molecule has 0 spiro atoms. The topological polar surface area (TPSA) is 34.1 Å². The average Bonchev–Trinajstić information content (AvgIpc) is 3.14. The van der Waals surface area contributed by atoms with Gasteiger partial charge >= 0.3 is 155 Å². The Hall–Kier alpha value is -0.867. The van der Waals surface area contributed by atoms with Crippen LogP contribution in [0.5, 0.6) is 0 Å². The molecule has 27 heavy (non-hydrogen) atoms. The largest absolute Gasteiger partial charge is 0.147 e. The zero-order valence-electron chi connectivity index (χ0n) is 14.7. The molecule has 0 heterocycles. The second-order valence-electron chi connectivity index (χ2n) is 5.85. The SMILES string of the molecule is CC(F)[S](=O)(=O)[Zr]([C]1=CC=CC1)=[C](c1ccccc1)c1ccccc1.Cl.Cl. The molecule has 7 heteroatoms. The first-order valence-electron chi connectivity index (χ1n) is 8.11. The van der Waals surface area contributed by atoms with Crippen LogP contribution < -0.4 is 0 Å². The molecule has 0 saturated carbocycles. The van der Waals surface area contributed by atoms with E-state index in [1.54, 1.807) is 0 Å². The summed E-state index contributed by atoms with van der Waals surface area (Å²) < 4.78 is 42.0. The number of allylic oxidation sites excluding steroid dienone is 4. The monoisotopic (exact) mass is 504 g/mol. The third-order valence-electron chi connectivity index (χ3n) is 4.13. The summed E-state index contributed by atoms with van der Waals surface area (Å²) in [6.07, 6.45) is 6.30. The molecule has 2 aromatic rings. The fraction of sp³-hybridized carbons (Fsp3) is 0.150. The number of halogens is 3. The molecule has 0 aliphatic heterocycles. The van der Waals surface area contributed by atoms with Crippen molar-refractivity contribution in [1.29, 1.82) is 0 Å². The van der Waals surface area contributed by atoms with Gasteiger partial charge < -0.3 is 0 Å². The van der Waals surface area contributed by atoms with Gasteiger partial charge in [0.25, 0.3) is 0 Å². The van der Waals surface area contributed by atoms with Gasteiger partial charge in [0.15, 0.2) is 0 Å². The van der Waals surface area contributed by atoms with E-state index in [2.05, 4.69) is 0 Å². The Morgan fingerprint density at radius 2 is 1.44 bits per heavy atom. The maximum absolute atomic E-state index is 14.2. The Kier molecular flexibility index (Phi) is 9.50. The summed E-state index contributed by atoms with van der Waals surface area (Å²) in [7, 11) is 0. The van der Waals surface area contributed by atoms with Gasteiger partial charge in [-0.3, -0.25) is 0 Å². The van der Waals surface area contributed by atoms with Crippen molar-refractivity contribution in [2.24, 2.45) is 0 Å². The van der Waals surface area contributed by atoms with E-state index in [0.29, 0.717) is 6.42 Å². The zero-order valence-corrected chi connectivity index (χ0v) is 19.6. The number of rotatable bonds is 5. The molecule has 0 fully saturated rings. The molecule has 0 saturated heterocycles. The third kappa shape index (κ3) is 5.35. The van der Waals surface area contributed by atoms with E-state index >= 15 is 0 Å². The minimum atomic E-state index is -3.83. The van der Waals surface area contributed by atoms with E-state index in [9.17, 15) is 12.8 Å². The number of benzene rings is 2. The van der Waals surface area contributed by atoms with Crippen LogP contribution in [0.4, 0.5) is 4.39 Å². The van der Waals surface area contributed by atoms with Crippen molar-refractivity contribution in [2.45, 2.75) is 18.8 Å². The van der Waals surface area contributed by atoms with Crippen LogP contribution in [0.25, 0.3) is 0 Å². The molecule has 2 aromatic carbocycles. The van der Waals surface area contributed by atoms with Crippen molar-refractivity contribution >= 4 is 34.6 Å². The van der Waals surface area contributed by atoms with Crippen molar-refractivity contribution in [3.05, 3.63) is 93.3 Å². The zero-order chi connectivity index (χ0) is 17.9. The van der Waals surface area contributed by atoms with Crippen molar-refractivity contribution < 1.29 is 32.6 Å². The summed E-state index contributed by atoms with van der Waals surface area (Å²) in [5.74, 6) is 0. The summed E-state index contributed by atoms with van der Waals surface area (Å²) in [5.41, 5.74) is -0.105. The summed E-state index contributed by atoms with van der Waals surface area (Å²) in [5, 5.41) is 0. The minimum absolute atomic E-state index is 0. The molecule has 1 unspecified atom stereocenters. The van der Waals surface area contributed by atoms with E-state index in [0.717, 1.165) is 24.5 Å². The van der Waals surface area contributed by atoms with Gasteiger partial charge in [-0.2, -0.15) is 0 Å². The van der Waals surface area contributed by atoms with E-state index in [1.807, 2.05) is 78.9 Å². The van der Waals surface area contributed by atoms with Gasteiger partial charge in [0.05, 0.1) is 0 Å². The van der Waals surface area contributed by atoms with Crippen LogP contribution in [-0.2, 0) is 26.4 Å². The number of alkyl halides is 1. The molecule has 1 aliphatic rings. The summed E-state index contributed by atoms with van der Waals surface area (Å²) >= 11 is -3.56. The predicted octanol–water partition coefficient (Wildman–Crippen LogP) is 5.21. The summed E-state index contributed by atoms with van der Waals surface area (Å²) in [4.78, 5) is 0. The van der Waals surface area contributed by atoms with Gasteiger partial charge in [-0.25, -0.2) is 0 Å². The smallest absolute Gasteiger partial charge is 0.147 e. The molecule has 0 radical (unpaired) electrons. The van der Waals surface area contributed by atoms with E-state index in [-0.39, 0.29) is 24.8 Å². The Bertz CT molecular complexity index is 912. The normalized spacial score (nSPS) is 13.8. The second kappa shape index (κ2) is 10.6. The van der Waals surface area contributed by atoms with Crippen LogP contribution >= 0.6 is 24.8 Å². The first-order chi connectivity index (χ1) is 12.0. The first kappa shape index (κ1) is 24.2. The second-order valence-corrected chi connectivity index (χ2v) is 18.6. The van der Waals surface area contributed by atoms with Crippen molar-refractivity contribution in [2.75, 3.05) is 0 Å². The van der Waals surface area contributed by atoms with Gasteiger partial charge in [0.2, 0.25) is 0 Å². The van der Waals surface area contributed by atoms with Gasteiger partial charge in [-0.15, -0.1) is 24.8 Å². The van der Waals surface area contributed by atoms with Crippen LogP contribution in [-0.4, -0.2) is 17.1 Å². The first-order valence-corrected chi connectivity index (χ1v) is 15.1. The Morgan fingerprint density at radius 1 is 0.963 bits per heavy atom. The molecule has 144 valence electrons. The standard InChI is InChI=1S/C13H10.C5H5.C2H4FO2S.2ClH.Zr/c1-3-7-12(8-4-1)11-13-9-5-2-6-10-13;1-2-4-5-3-1;1-2(3)6(4)5;;;/h1-10H;1-3H,4H2;2H,1H3;2*1H;. The molecular formula is C20H21Cl2FO2SZr. The summed E-state index contributed by atoms with van der Waals surface area (Å²) in [6.45, 7) is -2.69. The average molecular weight is 507 g/mol. The maximum Gasteiger partial charge on any atom is -0.147 e. The van der Waals surface area contributed by atoms with E-state index in [4.69, 9.17) is 0 Å². The Balaban J connectivity index is 0.00000182. The molecule has 0 aromatic heterocycles. The van der Waals surface area contributed by atoms with Crippen molar-refractivity contribution in [1.82, 2.24) is 0 Å². The molecule has 0 N–H and O–H groups in total. The van der Waals surface area contributed by atoms with Crippen molar-refractivity contribution in [3.63, 3.8) is 0 Å². The van der Waals surface area contributed by atoms with Crippen molar-refractivity contribution in [3.8, 4) is 0 Å². The molecule has 2 nitrogen and oxygen atoms in total. The van der Waals surface area contributed by atoms with E-state index in [1.165, 1.54) is 0 Å². The van der Waals surface area contributed by atoms with Crippen LogP contribution in [0.2, 0.25) is 0 Å². The van der Waals surface area contributed by atoms with Gasteiger partial charge in [-0.05, 0) is 0 Å². The van der Waals surface area contributed by atoms with E-state index < -0.39 is 31.9 Å². The molecule has 1 aliphatic carbocycles.